The van der Waals surface area contributed by atoms with Gasteiger partial charge in [-0.25, -0.2) is 4.79 Å². The van der Waals surface area contributed by atoms with E-state index in [-0.39, 0.29) is 6.61 Å². The van der Waals surface area contributed by atoms with Gasteiger partial charge in [-0.2, -0.15) is 0 Å². The summed E-state index contributed by atoms with van der Waals surface area (Å²) in [5.74, 6) is -0.450. The maximum absolute atomic E-state index is 11.3. The van der Waals surface area contributed by atoms with E-state index in [0.717, 1.165) is 18.9 Å². The van der Waals surface area contributed by atoms with Crippen molar-refractivity contribution in [2.45, 2.75) is 77.6 Å². The lowest BCUT2D eigenvalue weighted by molar-refractivity contribution is -0.142. The fraction of sp³-hybridized carbons (Fsp3) is 0.812. The fourth-order valence-electron chi connectivity index (χ4n) is 2.00. The van der Waals surface area contributed by atoms with Gasteiger partial charge in [-0.05, 0) is 58.7 Å². The SMILES string of the molecule is C=C(C)C(=O)OCC(O)CCCC[SiH](O[Si](C)(C)C)O[Si](C)(C)C. The maximum atomic E-state index is 11.3. The third-order valence-electron chi connectivity index (χ3n) is 2.95. The summed E-state index contributed by atoms with van der Waals surface area (Å²) in [5.41, 5.74) is 0.350. The Bertz CT molecular complexity index is 385. The van der Waals surface area contributed by atoms with Gasteiger partial charge in [0.05, 0.1) is 6.10 Å². The molecule has 0 aliphatic carbocycles. The van der Waals surface area contributed by atoms with Crippen LogP contribution in [0.1, 0.15) is 26.2 Å². The van der Waals surface area contributed by atoms with Crippen LogP contribution in [0.5, 0.6) is 0 Å². The third kappa shape index (κ3) is 14.1. The normalized spacial score (nSPS) is 13.9. The molecule has 0 amide bonds. The van der Waals surface area contributed by atoms with Crippen LogP contribution in [0.3, 0.4) is 0 Å². The highest BCUT2D eigenvalue weighted by Gasteiger charge is 2.28. The van der Waals surface area contributed by atoms with Crippen LogP contribution in [-0.2, 0) is 17.8 Å². The molecule has 0 aromatic carbocycles. The Kier molecular flexibility index (Phi) is 10.6. The van der Waals surface area contributed by atoms with E-state index in [4.69, 9.17) is 13.0 Å². The molecule has 5 nitrogen and oxygen atoms in total. The van der Waals surface area contributed by atoms with Crippen molar-refractivity contribution in [3.05, 3.63) is 12.2 Å². The number of hydrogen-bond acceptors (Lipinski definition) is 5. The summed E-state index contributed by atoms with van der Waals surface area (Å²) in [5, 5.41) is 9.87. The molecule has 0 fully saturated rings. The molecule has 1 atom stereocenters. The van der Waals surface area contributed by atoms with Gasteiger partial charge in [0.15, 0.2) is 16.6 Å². The van der Waals surface area contributed by atoms with E-state index in [2.05, 4.69) is 45.9 Å². The van der Waals surface area contributed by atoms with Gasteiger partial charge in [-0.1, -0.05) is 19.4 Å². The van der Waals surface area contributed by atoms with Crippen LogP contribution in [0.4, 0.5) is 0 Å². The van der Waals surface area contributed by atoms with E-state index < -0.39 is 38.0 Å². The van der Waals surface area contributed by atoms with Crippen LogP contribution in [0.25, 0.3) is 0 Å². The number of rotatable bonds is 12. The number of hydrogen-bond donors (Lipinski definition) is 1. The number of aliphatic hydroxyl groups excluding tert-OH is 1. The zero-order chi connectivity index (χ0) is 19.0. The lowest BCUT2D eigenvalue weighted by atomic mass is 10.2. The third-order valence-corrected chi connectivity index (χ3v) is 11.6. The molecule has 8 heteroatoms. The average Bonchev–Trinajstić information content (AvgIpc) is 2.36. The topological polar surface area (TPSA) is 65.0 Å². The summed E-state index contributed by atoms with van der Waals surface area (Å²) in [7, 11) is -4.84. The quantitative estimate of drug-likeness (QED) is 0.238. The first-order chi connectivity index (χ1) is 10.8. The van der Waals surface area contributed by atoms with Crippen LogP contribution in [0.2, 0.25) is 45.3 Å². The molecule has 0 aliphatic heterocycles. The Labute approximate surface area is 151 Å². The molecule has 0 aromatic heterocycles. The zero-order valence-corrected chi connectivity index (χ0v) is 19.6. The predicted octanol–water partition coefficient (Wildman–Crippen LogP) is 3.56. The molecule has 142 valence electrons. The van der Waals surface area contributed by atoms with E-state index in [0.29, 0.717) is 12.0 Å². The Hall–Kier alpha value is -0.259. The molecule has 0 aromatic rings. The molecule has 0 radical (unpaired) electrons. The van der Waals surface area contributed by atoms with Gasteiger partial charge in [-0.15, -0.1) is 0 Å². The molecule has 1 N–H and O–H groups in total. The minimum absolute atomic E-state index is 0.0311. The molecule has 0 saturated carbocycles. The number of carbonyl (C=O) groups excluding carboxylic acids is 1. The van der Waals surface area contributed by atoms with E-state index in [9.17, 15) is 9.90 Å². The lowest BCUT2D eigenvalue weighted by Gasteiger charge is -2.30. The monoisotopic (exact) mass is 392 g/mol. The van der Waals surface area contributed by atoms with E-state index in [1.165, 1.54) is 0 Å². The Morgan fingerprint density at radius 3 is 2.00 bits per heavy atom. The van der Waals surface area contributed by atoms with Crippen LogP contribution in [-0.4, -0.2) is 49.7 Å². The van der Waals surface area contributed by atoms with Gasteiger partial charge in [0.2, 0.25) is 0 Å². The molecule has 0 saturated heterocycles. The van der Waals surface area contributed by atoms with Gasteiger partial charge >= 0.3 is 15.3 Å². The number of ether oxygens (including phenoxy) is 1. The van der Waals surface area contributed by atoms with Gasteiger partial charge < -0.3 is 18.1 Å². The average molecular weight is 393 g/mol. The zero-order valence-electron chi connectivity index (χ0n) is 16.5. The van der Waals surface area contributed by atoms with Crippen molar-refractivity contribution in [2.75, 3.05) is 6.61 Å². The second kappa shape index (κ2) is 10.7. The maximum Gasteiger partial charge on any atom is 0.333 e. The molecule has 0 spiro atoms. The van der Waals surface area contributed by atoms with Gasteiger partial charge in [-0.3, -0.25) is 0 Å². The van der Waals surface area contributed by atoms with Crippen LogP contribution in [0, 0.1) is 0 Å². The van der Waals surface area contributed by atoms with E-state index >= 15 is 0 Å². The summed E-state index contributed by atoms with van der Waals surface area (Å²) >= 11 is 0. The summed E-state index contributed by atoms with van der Waals surface area (Å²) in [4.78, 5) is 11.3. The molecule has 0 rings (SSSR count). The summed E-state index contributed by atoms with van der Waals surface area (Å²) in [6.45, 7) is 18.3. The Morgan fingerprint density at radius 1 is 1.08 bits per heavy atom. The number of unbranched alkanes of at least 4 members (excludes halogenated alkanes) is 1. The summed E-state index contributed by atoms with van der Waals surface area (Å²) in [6, 6.07) is 0.965. The second-order valence-electron chi connectivity index (χ2n) is 8.21. The minimum Gasteiger partial charge on any atom is -0.460 e. The summed E-state index contributed by atoms with van der Waals surface area (Å²) < 4.78 is 17.5. The van der Waals surface area contributed by atoms with Crippen LogP contribution in [0.15, 0.2) is 12.2 Å². The molecule has 0 heterocycles. The first-order valence-corrected chi connectivity index (χ1v) is 17.2. The standard InChI is InChI=1S/C16H36O5Si3/c1-14(2)16(18)19-13-15(17)11-9-10-12-22(20-23(3,4)5)21-24(6,7)8/h15,17,22H,1,9-13H2,2-8H3. The van der Waals surface area contributed by atoms with E-state index in [1.807, 2.05) is 0 Å². The lowest BCUT2D eigenvalue weighted by Crippen LogP contribution is -2.43. The van der Waals surface area contributed by atoms with Crippen molar-refractivity contribution in [1.82, 2.24) is 0 Å². The van der Waals surface area contributed by atoms with Gasteiger partial charge in [0.25, 0.3) is 0 Å². The Morgan fingerprint density at radius 2 is 1.58 bits per heavy atom. The smallest absolute Gasteiger partial charge is 0.333 e. The molecular weight excluding hydrogens is 356 g/mol. The predicted molar refractivity (Wildman–Crippen MR) is 106 cm³/mol. The second-order valence-corrected chi connectivity index (χ2v) is 20.0. The molecule has 0 aliphatic rings. The highest BCUT2D eigenvalue weighted by Crippen LogP contribution is 2.17. The highest BCUT2D eigenvalue weighted by molar-refractivity contribution is 6.81. The largest absolute Gasteiger partial charge is 0.460 e. The minimum atomic E-state index is -1.65. The van der Waals surface area contributed by atoms with Crippen molar-refractivity contribution in [1.29, 1.82) is 0 Å². The fourth-order valence-corrected chi connectivity index (χ4v) is 10.5. The molecule has 1 unspecified atom stereocenters. The number of esters is 1. The van der Waals surface area contributed by atoms with Gasteiger partial charge in [0, 0.05) is 5.57 Å². The van der Waals surface area contributed by atoms with Crippen molar-refractivity contribution < 1.29 is 22.9 Å². The first-order valence-electron chi connectivity index (χ1n) is 8.66. The Balaban J connectivity index is 4.14. The number of carbonyl (C=O) groups is 1. The van der Waals surface area contributed by atoms with Crippen LogP contribution >= 0.6 is 0 Å². The van der Waals surface area contributed by atoms with Gasteiger partial charge in [0.1, 0.15) is 6.61 Å². The summed E-state index contributed by atoms with van der Waals surface area (Å²) in [6.07, 6.45) is 1.84. The molecule has 0 bridgehead atoms. The first kappa shape index (κ1) is 23.7. The number of aliphatic hydroxyl groups is 1. The van der Waals surface area contributed by atoms with Crippen molar-refractivity contribution in [3.8, 4) is 0 Å². The van der Waals surface area contributed by atoms with E-state index in [1.54, 1.807) is 6.92 Å². The molecule has 24 heavy (non-hydrogen) atoms. The van der Waals surface area contributed by atoms with Crippen molar-refractivity contribution in [3.63, 3.8) is 0 Å². The van der Waals surface area contributed by atoms with Crippen molar-refractivity contribution in [2.24, 2.45) is 0 Å². The molecular formula is C16H36O5Si3. The van der Waals surface area contributed by atoms with Crippen molar-refractivity contribution >= 4 is 31.9 Å². The highest BCUT2D eigenvalue weighted by atomic mass is 28.4. The van der Waals surface area contributed by atoms with Crippen LogP contribution < -0.4 is 0 Å².